The van der Waals surface area contributed by atoms with Gasteiger partial charge >= 0.3 is 7.75 Å². The Labute approximate surface area is 211 Å². The molecule has 0 fully saturated rings. The van der Waals surface area contributed by atoms with Crippen molar-refractivity contribution in [1.29, 1.82) is 0 Å². The molecule has 32 heavy (non-hydrogen) atoms. The molecule has 0 aliphatic carbocycles. The van der Waals surface area contributed by atoms with E-state index in [4.69, 9.17) is 16.3 Å². The molecule has 14 heteroatoms. The Morgan fingerprint density at radius 2 is 1.91 bits per heavy atom. The van der Waals surface area contributed by atoms with Gasteiger partial charge in [0.1, 0.15) is 6.33 Å². The molecule has 0 saturated carbocycles. The predicted molar refractivity (Wildman–Crippen MR) is 118 cm³/mol. The standard InChI is InChI=1S/C18H18ClFN3O6PS.Na/c1-3-29-30(24,25)22-31(26,27)14-7-5-13(6-8-14)23-11-21-18(19)17(23)12-4-9-16(28-2)15(20)10-12;/h4-11H,3H2,1-2H3,(H2,22,24,25);. The number of benzene rings is 2. The molecule has 3 rings (SSSR count). The number of nitrogens with one attached hydrogen (secondary N) is 1. The van der Waals surface area contributed by atoms with Gasteiger partial charge in [0.25, 0.3) is 0 Å². The maximum atomic E-state index is 14.2. The second-order valence-corrected chi connectivity index (χ2v) is 10.00. The number of aromatic nitrogens is 2. The molecule has 1 aromatic heterocycles. The summed E-state index contributed by atoms with van der Waals surface area (Å²) in [6, 6.07) is 9.65. The van der Waals surface area contributed by atoms with E-state index in [9.17, 15) is 22.3 Å². The van der Waals surface area contributed by atoms with Crippen LogP contribution >= 0.6 is 19.3 Å². The number of hydrogen-bond acceptors (Lipinski definition) is 6. The van der Waals surface area contributed by atoms with E-state index in [-0.39, 0.29) is 52.0 Å². The molecule has 1 heterocycles. The van der Waals surface area contributed by atoms with Gasteiger partial charge in [-0.05, 0) is 49.4 Å². The molecule has 1 unspecified atom stereocenters. The number of hydrogen-bond donors (Lipinski definition) is 2. The van der Waals surface area contributed by atoms with E-state index < -0.39 is 23.6 Å². The van der Waals surface area contributed by atoms with Crippen LogP contribution in [0.5, 0.6) is 5.75 Å². The summed E-state index contributed by atoms with van der Waals surface area (Å²) >= 11 is 6.20. The Bertz CT molecular complexity index is 1260. The molecular formula is C18H18ClFN3NaO6PS. The Morgan fingerprint density at radius 1 is 1.25 bits per heavy atom. The van der Waals surface area contributed by atoms with E-state index in [0.29, 0.717) is 16.9 Å². The zero-order valence-electron chi connectivity index (χ0n) is 17.3. The van der Waals surface area contributed by atoms with Crippen LogP contribution in [0.1, 0.15) is 6.92 Å². The first-order valence-electron chi connectivity index (χ1n) is 8.76. The second-order valence-electron chi connectivity index (χ2n) is 6.13. The normalized spacial score (nSPS) is 13.3. The number of halogens is 2. The van der Waals surface area contributed by atoms with Crippen LogP contribution in [0, 0.1) is 5.82 Å². The van der Waals surface area contributed by atoms with Gasteiger partial charge < -0.3 is 9.63 Å². The van der Waals surface area contributed by atoms with Crippen LogP contribution in [0.15, 0.2) is 53.7 Å². The van der Waals surface area contributed by atoms with Crippen molar-refractivity contribution in [1.82, 2.24) is 14.0 Å². The van der Waals surface area contributed by atoms with Crippen molar-refractivity contribution in [2.45, 2.75) is 11.8 Å². The van der Waals surface area contributed by atoms with E-state index in [1.807, 2.05) is 0 Å². The van der Waals surface area contributed by atoms with E-state index in [1.54, 1.807) is 15.1 Å². The molecule has 0 amide bonds. The molecule has 0 spiro atoms. The molecule has 1 radical (unpaired) electrons. The molecule has 2 N–H and O–H groups in total. The smallest absolute Gasteiger partial charge is 0.416 e. The number of sulfonamides is 1. The monoisotopic (exact) mass is 512 g/mol. The Morgan fingerprint density at radius 3 is 2.47 bits per heavy atom. The topological polar surface area (TPSA) is 120 Å². The molecule has 0 saturated heterocycles. The van der Waals surface area contributed by atoms with Crippen molar-refractivity contribution < 1.29 is 31.5 Å². The number of ether oxygens (including phenoxy) is 1. The third kappa shape index (κ3) is 5.99. The van der Waals surface area contributed by atoms with Gasteiger partial charge in [-0.1, -0.05) is 11.6 Å². The van der Waals surface area contributed by atoms with Crippen molar-refractivity contribution in [3.05, 3.63) is 59.8 Å². The van der Waals surface area contributed by atoms with Crippen LogP contribution in [0.25, 0.3) is 16.9 Å². The first-order chi connectivity index (χ1) is 14.6. The number of rotatable bonds is 8. The Hall–Kier alpha value is -1.27. The van der Waals surface area contributed by atoms with Gasteiger partial charge in [0.05, 0.1) is 24.3 Å². The molecule has 2 aromatic carbocycles. The summed E-state index contributed by atoms with van der Waals surface area (Å²) in [5.74, 6) is -0.514. The summed E-state index contributed by atoms with van der Waals surface area (Å²) < 4.78 is 63.2. The first kappa shape index (κ1) is 27.0. The summed E-state index contributed by atoms with van der Waals surface area (Å²) in [6.07, 6.45) is 1.40. The van der Waals surface area contributed by atoms with Gasteiger partial charge in [0, 0.05) is 40.8 Å². The van der Waals surface area contributed by atoms with Gasteiger partial charge in [-0.3, -0.25) is 9.09 Å². The third-order valence-electron chi connectivity index (χ3n) is 4.11. The quantitative estimate of drug-likeness (QED) is 0.351. The fourth-order valence-corrected chi connectivity index (χ4v) is 5.72. The molecule has 0 bridgehead atoms. The van der Waals surface area contributed by atoms with Crippen LogP contribution in [0.2, 0.25) is 5.15 Å². The fourth-order valence-electron chi connectivity index (χ4n) is 2.79. The minimum Gasteiger partial charge on any atom is -0.494 e. The third-order valence-corrected chi connectivity index (χ3v) is 7.77. The van der Waals surface area contributed by atoms with Crippen LogP contribution in [-0.4, -0.2) is 66.1 Å². The summed E-state index contributed by atoms with van der Waals surface area (Å²) in [7, 11) is -7.48. The van der Waals surface area contributed by atoms with Gasteiger partial charge in [0.2, 0.25) is 10.0 Å². The SMILES string of the molecule is CCOP(=O)(O)NS(=O)(=O)c1ccc(-n2cnc(Cl)c2-c2ccc(OC)c(F)c2)cc1.[Na]. The molecule has 3 aromatic rings. The van der Waals surface area contributed by atoms with E-state index in [2.05, 4.69) is 9.51 Å². The van der Waals surface area contributed by atoms with Crippen LogP contribution in [0.4, 0.5) is 4.39 Å². The van der Waals surface area contributed by atoms with Crippen LogP contribution < -0.4 is 9.23 Å². The summed E-state index contributed by atoms with van der Waals surface area (Å²) in [5, 5.41) is 0.112. The summed E-state index contributed by atoms with van der Waals surface area (Å²) in [6.45, 7) is 1.31. The second kappa shape index (κ2) is 10.8. The Kier molecular flexibility index (Phi) is 9.08. The Balaban J connectivity index is 0.00000363. The van der Waals surface area contributed by atoms with Gasteiger partial charge in [-0.25, -0.2) is 22.4 Å². The predicted octanol–water partition coefficient (Wildman–Crippen LogP) is 3.37. The van der Waals surface area contributed by atoms with Crippen molar-refractivity contribution >= 4 is 58.9 Å². The average Bonchev–Trinajstić information content (AvgIpc) is 3.08. The molecule has 0 aliphatic rings. The largest absolute Gasteiger partial charge is 0.494 e. The maximum Gasteiger partial charge on any atom is 0.416 e. The first-order valence-corrected chi connectivity index (χ1v) is 12.2. The zero-order valence-corrected chi connectivity index (χ0v) is 21.8. The number of methoxy groups -OCH3 is 1. The molecule has 1 atom stereocenters. The summed E-state index contributed by atoms with van der Waals surface area (Å²) in [5.41, 5.74) is 1.28. The molecule has 167 valence electrons. The van der Waals surface area contributed by atoms with Crippen LogP contribution in [0.3, 0.4) is 0 Å². The number of imidazole rings is 1. The summed E-state index contributed by atoms with van der Waals surface area (Å²) in [4.78, 5) is 13.3. The van der Waals surface area contributed by atoms with Gasteiger partial charge in [-0.2, -0.15) is 0 Å². The van der Waals surface area contributed by atoms with Gasteiger partial charge in [0.15, 0.2) is 16.7 Å². The molecule has 0 aliphatic heterocycles. The van der Waals surface area contributed by atoms with Crippen LogP contribution in [-0.2, 0) is 19.1 Å². The maximum absolute atomic E-state index is 14.2. The van der Waals surface area contributed by atoms with E-state index >= 15 is 0 Å². The molecule has 9 nitrogen and oxygen atoms in total. The van der Waals surface area contributed by atoms with Crippen molar-refractivity contribution in [3.8, 4) is 22.7 Å². The minimum atomic E-state index is -4.52. The number of nitrogens with zero attached hydrogens (tertiary/aromatic N) is 2. The van der Waals surface area contributed by atoms with Gasteiger partial charge in [-0.15, -0.1) is 4.49 Å². The van der Waals surface area contributed by atoms with Crippen molar-refractivity contribution in [3.63, 3.8) is 0 Å². The van der Waals surface area contributed by atoms with Crippen molar-refractivity contribution in [2.75, 3.05) is 13.7 Å². The fraction of sp³-hybridized carbons (Fsp3) is 0.167. The van der Waals surface area contributed by atoms with E-state index in [0.717, 1.165) is 0 Å². The van der Waals surface area contributed by atoms with E-state index in [1.165, 1.54) is 56.8 Å². The molecular weight excluding hydrogens is 495 g/mol. The van der Waals surface area contributed by atoms with Crippen molar-refractivity contribution in [2.24, 2.45) is 0 Å². The zero-order chi connectivity index (χ0) is 22.8. The average molecular weight is 513 g/mol. The minimum absolute atomic E-state index is 0.